The SMILES string of the molecule is COC(=O)C[C@H]1CCCC1CO.COC=O. The molecule has 0 radical (unpaired) electrons. The Hall–Kier alpha value is -1.10. The van der Waals surface area contributed by atoms with Gasteiger partial charge in [0, 0.05) is 13.0 Å². The van der Waals surface area contributed by atoms with Crippen LogP contribution in [0.4, 0.5) is 0 Å². The molecule has 1 rings (SSSR count). The van der Waals surface area contributed by atoms with Gasteiger partial charge in [-0.25, -0.2) is 0 Å². The molecule has 94 valence electrons. The number of carbonyl (C=O) groups excluding carboxylic acids is 2. The van der Waals surface area contributed by atoms with E-state index < -0.39 is 0 Å². The molecule has 1 aliphatic carbocycles. The van der Waals surface area contributed by atoms with Crippen molar-refractivity contribution < 1.29 is 24.2 Å². The largest absolute Gasteiger partial charge is 0.471 e. The molecule has 0 saturated heterocycles. The fourth-order valence-electron chi connectivity index (χ4n) is 1.92. The van der Waals surface area contributed by atoms with E-state index in [1.807, 2.05) is 0 Å². The second kappa shape index (κ2) is 9.15. The van der Waals surface area contributed by atoms with Crippen molar-refractivity contribution in [3.8, 4) is 0 Å². The van der Waals surface area contributed by atoms with E-state index in [0.717, 1.165) is 19.3 Å². The Morgan fingerprint density at radius 1 is 1.38 bits per heavy atom. The summed E-state index contributed by atoms with van der Waals surface area (Å²) in [4.78, 5) is 19.9. The van der Waals surface area contributed by atoms with Crippen molar-refractivity contribution in [3.63, 3.8) is 0 Å². The highest BCUT2D eigenvalue weighted by Gasteiger charge is 2.28. The smallest absolute Gasteiger partial charge is 0.305 e. The van der Waals surface area contributed by atoms with Crippen LogP contribution in [0.1, 0.15) is 25.7 Å². The molecule has 0 aromatic heterocycles. The van der Waals surface area contributed by atoms with Gasteiger partial charge in [0.1, 0.15) is 0 Å². The van der Waals surface area contributed by atoms with Gasteiger partial charge < -0.3 is 14.6 Å². The molecule has 0 aliphatic heterocycles. The van der Waals surface area contributed by atoms with Crippen LogP contribution < -0.4 is 0 Å². The molecule has 1 aliphatic rings. The number of ether oxygens (including phenoxy) is 2. The Morgan fingerprint density at radius 3 is 2.38 bits per heavy atom. The number of rotatable bonds is 4. The maximum atomic E-state index is 10.9. The summed E-state index contributed by atoms with van der Waals surface area (Å²) in [7, 11) is 2.72. The van der Waals surface area contributed by atoms with Crippen molar-refractivity contribution in [1.29, 1.82) is 0 Å². The summed E-state index contributed by atoms with van der Waals surface area (Å²) in [6.45, 7) is 0.585. The van der Waals surface area contributed by atoms with E-state index in [-0.39, 0.29) is 12.6 Å². The number of hydrogen-bond acceptors (Lipinski definition) is 5. The van der Waals surface area contributed by atoms with Crippen molar-refractivity contribution >= 4 is 12.4 Å². The molecule has 0 aromatic rings. The molecule has 2 atom stereocenters. The van der Waals surface area contributed by atoms with Crippen LogP contribution in [0.2, 0.25) is 0 Å². The van der Waals surface area contributed by atoms with Gasteiger partial charge in [-0.05, 0) is 24.7 Å². The summed E-state index contributed by atoms with van der Waals surface area (Å²) < 4.78 is 8.45. The third kappa shape index (κ3) is 5.70. The van der Waals surface area contributed by atoms with Gasteiger partial charge in [0.05, 0.1) is 14.2 Å². The van der Waals surface area contributed by atoms with Crippen LogP contribution in [0.3, 0.4) is 0 Å². The van der Waals surface area contributed by atoms with Crippen LogP contribution in [-0.4, -0.2) is 38.4 Å². The topological polar surface area (TPSA) is 72.8 Å². The van der Waals surface area contributed by atoms with Crippen LogP contribution in [0.25, 0.3) is 0 Å². The molecule has 16 heavy (non-hydrogen) atoms. The Morgan fingerprint density at radius 2 is 1.94 bits per heavy atom. The van der Waals surface area contributed by atoms with Gasteiger partial charge in [0.2, 0.25) is 0 Å². The Kier molecular flexibility index (Phi) is 8.52. The van der Waals surface area contributed by atoms with E-state index in [2.05, 4.69) is 9.47 Å². The number of esters is 1. The van der Waals surface area contributed by atoms with Gasteiger partial charge in [-0.2, -0.15) is 0 Å². The molecular formula is C11H20O5. The minimum atomic E-state index is -0.152. The van der Waals surface area contributed by atoms with E-state index in [9.17, 15) is 4.79 Å². The van der Waals surface area contributed by atoms with E-state index >= 15 is 0 Å². The highest BCUT2D eigenvalue weighted by molar-refractivity contribution is 5.69. The Bertz CT molecular complexity index is 205. The average Bonchev–Trinajstić information content (AvgIpc) is 2.76. The molecule has 1 N–H and O–H groups in total. The number of aliphatic hydroxyl groups excluding tert-OH is 1. The monoisotopic (exact) mass is 232 g/mol. The molecule has 0 heterocycles. The summed E-state index contributed by atoms with van der Waals surface area (Å²) in [5.74, 6) is 0.520. The van der Waals surface area contributed by atoms with E-state index in [4.69, 9.17) is 9.90 Å². The van der Waals surface area contributed by atoms with Crippen molar-refractivity contribution in [1.82, 2.24) is 0 Å². The fraction of sp³-hybridized carbons (Fsp3) is 0.818. The third-order valence-electron chi connectivity index (χ3n) is 2.80. The average molecular weight is 232 g/mol. The predicted octanol–water partition coefficient (Wildman–Crippen LogP) is 0.747. The predicted molar refractivity (Wildman–Crippen MR) is 57.6 cm³/mol. The van der Waals surface area contributed by atoms with Gasteiger partial charge in [-0.15, -0.1) is 0 Å². The van der Waals surface area contributed by atoms with E-state index in [1.165, 1.54) is 14.2 Å². The number of carbonyl (C=O) groups is 2. The first-order valence-electron chi connectivity index (χ1n) is 5.33. The maximum absolute atomic E-state index is 10.9. The van der Waals surface area contributed by atoms with Crippen molar-refractivity contribution in [2.45, 2.75) is 25.7 Å². The van der Waals surface area contributed by atoms with Crippen LogP contribution in [-0.2, 0) is 19.1 Å². The van der Waals surface area contributed by atoms with Crippen LogP contribution >= 0.6 is 0 Å². The molecular weight excluding hydrogens is 212 g/mol. The zero-order valence-corrected chi connectivity index (χ0v) is 9.85. The minimum Gasteiger partial charge on any atom is -0.471 e. The number of hydrogen-bond donors (Lipinski definition) is 1. The van der Waals surface area contributed by atoms with Gasteiger partial charge in [-0.3, -0.25) is 9.59 Å². The first kappa shape index (κ1) is 14.9. The summed E-state index contributed by atoms with van der Waals surface area (Å²) in [6.07, 6.45) is 3.72. The lowest BCUT2D eigenvalue weighted by molar-refractivity contribution is -0.142. The van der Waals surface area contributed by atoms with Crippen LogP contribution in [0.15, 0.2) is 0 Å². The molecule has 1 saturated carbocycles. The molecule has 0 spiro atoms. The summed E-state index contributed by atoms with van der Waals surface area (Å²) in [6, 6.07) is 0. The Balaban J connectivity index is 0.000000487. The third-order valence-corrected chi connectivity index (χ3v) is 2.80. The van der Waals surface area contributed by atoms with E-state index in [0.29, 0.717) is 24.7 Å². The van der Waals surface area contributed by atoms with Crippen LogP contribution in [0.5, 0.6) is 0 Å². The molecule has 1 fully saturated rings. The maximum Gasteiger partial charge on any atom is 0.305 e. The second-order valence-corrected chi connectivity index (χ2v) is 3.75. The van der Waals surface area contributed by atoms with Crippen molar-refractivity contribution in [2.24, 2.45) is 11.8 Å². The molecule has 0 amide bonds. The molecule has 5 heteroatoms. The standard InChI is InChI=1S/C9H16O3.C2H4O2/c1-12-9(11)5-7-3-2-4-8(7)6-10;1-4-2-3/h7-8,10H,2-6H2,1H3;2H,1H3/t7-,8?;/m1./s1. The summed E-state index contributed by atoms with van der Waals surface area (Å²) >= 11 is 0. The second-order valence-electron chi connectivity index (χ2n) is 3.75. The number of methoxy groups -OCH3 is 2. The zero-order chi connectivity index (χ0) is 12.4. The zero-order valence-electron chi connectivity index (χ0n) is 9.85. The van der Waals surface area contributed by atoms with E-state index in [1.54, 1.807) is 0 Å². The van der Waals surface area contributed by atoms with Gasteiger partial charge in [0.15, 0.2) is 0 Å². The van der Waals surface area contributed by atoms with Crippen molar-refractivity contribution in [2.75, 3.05) is 20.8 Å². The summed E-state index contributed by atoms with van der Waals surface area (Å²) in [5, 5.41) is 8.97. The molecule has 0 bridgehead atoms. The lowest BCUT2D eigenvalue weighted by Crippen LogP contribution is -2.16. The van der Waals surface area contributed by atoms with Gasteiger partial charge in [0.25, 0.3) is 6.47 Å². The lowest BCUT2D eigenvalue weighted by atomic mass is 9.94. The summed E-state index contributed by atoms with van der Waals surface area (Å²) in [5.41, 5.74) is 0. The highest BCUT2D eigenvalue weighted by atomic mass is 16.5. The lowest BCUT2D eigenvalue weighted by Gasteiger charge is -2.15. The first-order valence-corrected chi connectivity index (χ1v) is 5.33. The highest BCUT2D eigenvalue weighted by Crippen LogP contribution is 2.33. The normalized spacial score (nSPS) is 22.9. The number of aliphatic hydroxyl groups is 1. The quantitative estimate of drug-likeness (QED) is 0.572. The Labute approximate surface area is 95.7 Å². The van der Waals surface area contributed by atoms with Crippen molar-refractivity contribution in [3.05, 3.63) is 0 Å². The van der Waals surface area contributed by atoms with Gasteiger partial charge >= 0.3 is 5.97 Å². The molecule has 0 aromatic carbocycles. The molecule has 1 unspecified atom stereocenters. The van der Waals surface area contributed by atoms with Gasteiger partial charge in [-0.1, -0.05) is 6.42 Å². The first-order chi connectivity index (χ1) is 7.69. The fourth-order valence-corrected chi connectivity index (χ4v) is 1.92. The minimum absolute atomic E-state index is 0.152. The molecule has 5 nitrogen and oxygen atoms in total. The van der Waals surface area contributed by atoms with Crippen LogP contribution in [0, 0.1) is 11.8 Å².